The van der Waals surface area contributed by atoms with Gasteiger partial charge in [-0.05, 0) is 25.7 Å². The van der Waals surface area contributed by atoms with Crippen molar-refractivity contribution in [1.82, 2.24) is 9.80 Å². The number of carboxylic acid groups (broad SMARTS) is 1. The zero-order chi connectivity index (χ0) is 11.5. The normalized spacial score (nSPS) is 25.1. The Morgan fingerprint density at radius 2 is 1.81 bits per heavy atom. The van der Waals surface area contributed by atoms with Gasteiger partial charge in [-0.2, -0.15) is 0 Å². The van der Waals surface area contributed by atoms with E-state index in [1.54, 1.807) is 4.90 Å². The highest BCUT2D eigenvalue weighted by Gasteiger charge is 2.33. The number of nitrogens with zero attached hydrogens (tertiary/aromatic N) is 2. The van der Waals surface area contributed by atoms with Crippen LogP contribution in [0.4, 0.5) is 4.79 Å². The van der Waals surface area contributed by atoms with Gasteiger partial charge in [0.1, 0.15) is 0 Å². The van der Waals surface area contributed by atoms with E-state index < -0.39 is 5.97 Å². The quantitative estimate of drug-likeness (QED) is 0.768. The first-order chi connectivity index (χ1) is 7.68. The van der Waals surface area contributed by atoms with Gasteiger partial charge < -0.3 is 14.9 Å². The van der Waals surface area contributed by atoms with Crippen molar-refractivity contribution >= 4 is 12.0 Å². The fraction of sp³-hybridized carbons (Fsp3) is 0.818. The van der Waals surface area contributed by atoms with Gasteiger partial charge in [-0.1, -0.05) is 0 Å². The molecule has 2 amide bonds. The Labute approximate surface area is 95.0 Å². The maximum Gasteiger partial charge on any atom is 0.320 e. The van der Waals surface area contributed by atoms with Gasteiger partial charge in [-0.3, -0.25) is 4.79 Å². The van der Waals surface area contributed by atoms with Crippen LogP contribution in [0, 0.1) is 0 Å². The van der Waals surface area contributed by atoms with Crippen molar-refractivity contribution in [2.45, 2.75) is 38.1 Å². The van der Waals surface area contributed by atoms with Crippen molar-refractivity contribution in [2.24, 2.45) is 0 Å². The van der Waals surface area contributed by atoms with Crippen LogP contribution in [0.1, 0.15) is 32.1 Å². The number of aliphatic carboxylic acids is 1. The number of hydrogen-bond acceptors (Lipinski definition) is 2. The van der Waals surface area contributed by atoms with E-state index in [9.17, 15) is 9.59 Å². The highest BCUT2D eigenvalue weighted by molar-refractivity contribution is 5.76. The molecule has 2 saturated heterocycles. The first-order valence-electron chi connectivity index (χ1n) is 5.96. The third-order valence-electron chi connectivity index (χ3n) is 3.41. The summed E-state index contributed by atoms with van der Waals surface area (Å²) in [5.41, 5.74) is 0. The number of likely N-dealkylation sites (tertiary alicyclic amines) is 2. The summed E-state index contributed by atoms with van der Waals surface area (Å²) in [6.45, 7) is 2.37. The van der Waals surface area contributed by atoms with E-state index in [1.807, 2.05) is 4.90 Å². The summed E-state index contributed by atoms with van der Waals surface area (Å²) in [7, 11) is 0. The van der Waals surface area contributed by atoms with E-state index in [4.69, 9.17) is 5.11 Å². The second-order valence-electron chi connectivity index (χ2n) is 4.56. The van der Waals surface area contributed by atoms with Crippen LogP contribution in [-0.2, 0) is 4.79 Å². The predicted molar refractivity (Wildman–Crippen MR) is 58.2 cm³/mol. The molecule has 2 aliphatic rings. The summed E-state index contributed by atoms with van der Waals surface area (Å²) in [6, 6.07) is -0.0492. The van der Waals surface area contributed by atoms with Crippen molar-refractivity contribution in [3.8, 4) is 0 Å². The maximum atomic E-state index is 12.1. The van der Waals surface area contributed by atoms with Crippen LogP contribution in [0.15, 0.2) is 0 Å². The minimum absolute atomic E-state index is 0.0428. The van der Waals surface area contributed by atoms with Gasteiger partial charge in [-0.25, -0.2) is 4.79 Å². The standard InChI is InChI=1S/C11H18N2O3/c14-10(15)8-9-4-3-7-13(9)11(16)12-5-1-2-6-12/h9H,1-8H2,(H,14,15). The lowest BCUT2D eigenvalue weighted by atomic mass is 10.1. The molecule has 0 aromatic heterocycles. The monoisotopic (exact) mass is 226 g/mol. The van der Waals surface area contributed by atoms with Gasteiger partial charge in [0, 0.05) is 25.7 Å². The molecule has 0 aromatic carbocycles. The fourth-order valence-electron chi connectivity index (χ4n) is 2.59. The van der Waals surface area contributed by atoms with Gasteiger partial charge >= 0.3 is 12.0 Å². The molecule has 90 valence electrons. The molecule has 0 aromatic rings. The van der Waals surface area contributed by atoms with Gasteiger partial charge in [-0.15, -0.1) is 0 Å². The van der Waals surface area contributed by atoms with Gasteiger partial charge in [0.25, 0.3) is 0 Å². The number of carboxylic acids is 1. The molecule has 5 nitrogen and oxygen atoms in total. The molecule has 2 fully saturated rings. The fourth-order valence-corrected chi connectivity index (χ4v) is 2.59. The zero-order valence-electron chi connectivity index (χ0n) is 9.39. The number of amides is 2. The molecule has 2 aliphatic heterocycles. The molecule has 2 heterocycles. The average Bonchev–Trinajstić information content (AvgIpc) is 2.84. The Hall–Kier alpha value is -1.26. The molecule has 2 rings (SSSR count). The van der Waals surface area contributed by atoms with Crippen LogP contribution in [0.2, 0.25) is 0 Å². The zero-order valence-corrected chi connectivity index (χ0v) is 9.39. The largest absolute Gasteiger partial charge is 0.481 e. The summed E-state index contributed by atoms with van der Waals surface area (Å²) < 4.78 is 0. The maximum absolute atomic E-state index is 12.1. The highest BCUT2D eigenvalue weighted by Crippen LogP contribution is 2.23. The van der Waals surface area contributed by atoms with Crippen LogP contribution in [0.5, 0.6) is 0 Å². The van der Waals surface area contributed by atoms with Crippen molar-refractivity contribution in [1.29, 1.82) is 0 Å². The van der Waals surface area contributed by atoms with Crippen LogP contribution < -0.4 is 0 Å². The minimum atomic E-state index is -0.814. The molecular formula is C11H18N2O3. The van der Waals surface area contributed by atoms with Crippen molar-refractivity contribution < 1.29 is 14.7 Å². The van der Waals surface area contributed by atoms with Gasteiger partial charge in [0.15, 0.2) is 0 Å². The van der Waals surface area contributed by atoms with E-state index in [1.165, 1.54) is 0 Å². The van der Waals surface area contributed by atoms with Crippen LogP contribution in [0.25, 0.3) is 0 Å². The molecule has 0 saturated carbocycles. The predicted octanol–water partition coefficient (Wildman–Crippen LogP) is 1.14. The third-order valence-corrected chi connectivity index (χ3v) is 3.41. The summed E-state index contributed by atoms with van der Waals surface area (Å²) in [5, 5.41) is 8.79. The lowest BCUT2D eigenvalue weighted by Gasteiger charge is -2.28. The number of rotatable bonds is 2. The van der Waals surface area contributed by atoms with Crippen LogP contribution in [-0.4, -0.2) is 52.6 Å². The van der Waals surface area contributed by atoms with Crippen LogP contribution >= 0.6 is 0 Å². The average molecular weight is 226 g/mol. The lowest BCUT2D eigenvalue weighted by molar-refractivity contribution is -0.137. The van der Waals surface area contributed by atoms with Crippen molar-refractivity contribution in [3.05, 3.63) is 0 Å². The van der Waals surface area contributed by atoms with Crippen molar-refractivity contribution in [2.75, 3.05) is 19.6 Å². The Morgan fingerprint density at radius 1 is 1.12 bits per heavy atom. The summed E-state index contributed by atoms with van der Waals surface area (Å²) in [6.07, 6.45) is 3.98. The Kier molecular flexibility index (Phi) is 3.31. The first-order valence-corrected chi connectivity index (χ1v) is 5.96. The molecule has 1 N–H and O–H groups in total. The lowest BCUT2D eigenvalue weighted by Crippen LogP contribution is -2.44. The van der Waals surface area contributed by atoms with Crippen molar-refractivity contribution in [3.63, 3.8) is 0 Å². The van der Waals surface area contributed by atoms with E-state index in [0.29, 0.717) is 6.54 Å². The number of hydrogen-bond donors (Lipinski definition) is 1. The molecule has 5 heteroatoms. The van der Waals surface area contributed by atoms with Crippen LogP contribution in [0.3, 0.4) is 0 Å². The number of carbonyl (C=O) groups is 2. The summed E-state index contributed by atoms with van der Waals surface area (Å²) >= 11 is 0. The molecule has 1 unspecified atom stereocenters. The van der Waals surface area contributed by atoms with E-state index in [0.717, 1.165) is 38.8 Å². The smallest absolute Gasteiger partial charge is 0.320 e. The second-order valence-corrected chi connectivity index (χ2v) is 4.56. The number of urea groups is 1. The Bertz CT molecular complexity index is 287. The third kappa shape index (κ3) is 2.28. The Balaban J connectivity index is 1.95. The second kappa shape index (κ2) is 4.72. The Morgan fingerprint density at radius 3 is 2.44 bits per heavy atom. The molecule has 16 heavy (non-hydrogen) atoms. The first kappa shape index (κ1) is 11.2. The van der Waals surface area contributed by atoms with E-state index in [2.05, 4.69) is 0 Å². The van der Waals surface area contributed by atoms with Gasteiger partial charge in [0.2, 0.25) is 0 Å². The highest BCUT2D eigenvalue weighted by atomic mass is 16.4. The van der Waals surface area contributed by atoms with Gasteiger partial charge in [0.05, 0.1) is 6.42 Å². The molecule has 0 aliphatic carbocycles. The summed E-state index contributed by atoms with van der Waals surface area (Å²) in [5.74, 6) is -0.814. The minimum Gasteiger partial charge on any atom is -0.481 e. The molecule has 0 spiro atoms. The van der Waals surface area contributed by atoms with E-state index >= 15 is 0 Å². The number of carbonyl (C=O) groups excluding carboxylic acids is 1. The molecule has 0 radical (unpaired) electrons. The SMILES string of the molecule is O=C(O)CC1CCCN1C(=O)N1CCCC1. The van der Waals surface area contributed by atoms with E-state index in [-0.39, 0.29) is 18.5 Å². The molecule has 1 atom stereocenters. The molecule has 0 bridgehead atoms. The summed E-state index contributed by atoms with van der Waals surface area (Å²) in [4.78, 5) is 26.4. The topological polar surface area (TPSA) is 60.9 Å². The molecular weight excluding hydrogens is 208 g/mol.